The third-order valence-electron chi connectivity index (χ3n) is 6.59. The Morgan fingerprint density at radius 2 is 2.00 bits per heavy atom. The number of carbonyl (C=O) groups excluding carboxylic acids is 1. The van der Waals surface area contributed by atoms with Crippen molar-refractivity contribution in [1.82, 2.24) is 9.88 Å². The number of aromatic nitrogens is 1. The highest BCUT2D eigenvalue weighted by atomic mass is 35.5. The van der Waals surface area contributed by atoms with Crippen molar-refractivity contribution in [3.05, 3.63) is 74.8 Å². The molecule has 6 nitrogen and oxygen atoms in total. The van der Waals surface area contributed by atoms with Gasteiger partial charge in [-0.3, -0.25) is 9.59 Å². The van der Waals surface area contributed by atoms with Gasteiger partial charge in [0, 0.05) is 42.9 Å². The number of allylic oxidation sites excluding steroid dienone is 1. The second-order valence-corrected chi connectivity index (χ2v) is 9.63. The molecule has 2 aromatic carbocycles. The standard InChI is InChI=1S/C27H27ClFN3O3/c1-16-14-31(12-11-30-16)25-22(29)13-20-24(27(25)35-2)32(19-8-9-19)15-21(26(20)34)23(33)10-5-17-3-6-18(28)7-4-17/h3-7,10,13,15-16,19,30H,8-9,11-12,14H2,1-2H3. The minimum atomic E-state index is -0.524. The van der Waals surface area contributed by atoms with E-state index in [0.717, 1.165) is 24.9 Å². The second-order valence-electron chi connectivity index (χ2n) is 9.20. The van der Waals surface area contributed by atoms with E-state index in [1.54, 1.807) is 36.5 Å². The van der Waals surface area contributed by atoms with Crippen molar-refractivity contribution in [2.75, 3.05) is 31.6 Å². The molecule has 1 aromatic heterocycles. The fourth-order valence-corrected chi connectivity index (χ4v) is 4.84. The number of ether oxygens (including phenoxy) is 1. The lowest BCUT2D eigenvalue weighted by molar-refractivity contribution is 0.104. The van der Waals surface area contributed by atoms with Crippen LogP contribution in [0.4, 0.5) is 10.1 Å². The van der Waals surface area contributed by atoms with Crippen molar-refractivity contribution < 1.29 is 13.9 Å². The number of pyridine rings is 1. The first-order chi connectivity index (χ1) is 16.9. The maximum atomic E-state index is 15.5. The third-order valence-corrected chi connectivity index (χ3v) is 6.84. The lowest BCUT2D eigenvalue weighted by Gasteiger charge is -2.35. The van der Waals surface area contributed by atoms with Crippen LogP contribution in [0.2, 0.25) is 5.02 Å². The summed E-state index contributed by atoms with van der Waals surface area (Å²) in [6, 6.07) is 8.63. The van der Waals surface area contributed by atoms with Gasteiger partial charge in [-0.2, -0.15) is 0 Å². The van der Waals surface area contributed by atoms with Gasteiger partial charge in [0.15, 0.2) is 17.3 Å². The minimum absolute atomic E-state index is 0.0135. The van der Waals surface area contributed by atoms with Gasteiger partial charge in [0.05, 0.1) is 23.6 Å². The van der Waals surface area contributed by atoms with Crippen molar-refractivity contribution in [2.24, 2.45) is 0 Å². The molecular formula is C27H27ClFN3O3. The number of ketones is 1. The van der Waals surface area contributed by atoms with Crippen molar-refractivity contribution in [2.45, 2.75) is 31.8 Å². The molecule has 2 fully saturated rings. The zero-order chi connectivity index (χ0) is 24.7. The number of fused-ring (bicyclic) bond motifs is 1. The number of benzene rings is 2. The monoisotopic (exact) mass is 495 g/mol. The van der Waals surface area contributed by atoms with E-state index < -0.39 is 17.0 Å². The van der Waals surface area contributed by atoms with Crippen LogP contribution in [0.5, 0.6) is 5.75 Å². The van der Waals surface area contributed by atoms with E-state index in [2.05, 4.69) is 5.32 Å². The number of methoxy groups -OCH3 is 1. The molecule has 2 aliphatic rings. The molecule has 2 heterocycles. The van der Waals surface area contributed by atoms with Crippen LogP contribution in [0.25, 0.3) is 17.0 Å². The van der Waals surface area contributed by atoms with Gasteiger partial charge in [-0.25, -0.2) is 4.39 Å². The molecule has 182 valence electrons. The zero-order valence-corrected chi connectivity index (χ0v) is 20.4. The van der Waals surface area contributed by atoms with E-state index in [9.17, 15) is 9.59 Å². The Balaban J connectivity index is 1.64. The van der Waals surface area contributed by atoms with Gasteiger partial charge in [0.2, 0.25) is 5.43 Å². The fourth-order valence-electron chi connectivity index (χ4n) is 4.72. The molecule has 1 atom stereocenters. The van der Waals surface area contributed by atoms with Gasteiger partial charge < -0.3 is 19.5 Å². The summed E-state index contributed by atoms with van der Waals surface area (Å²) in [7, 11) is 1.50. The molecule has 35 heavy (non-hydrogen) atoms. The third kappa shape index (κ3) is 4.58. The van der Waals surface area contributed by atoms with Crippen molar-refractivity contribution in [3.63, 3.8) is 0 Å². The maximum Gasteiger partial charge on any atom is 0.200 e. The SMILES string of the molecule is COc1c(N2CCNC(C)C2)c(F)cc2c(=O)c(C(=O)C=Cc3ccc(Cl)cc3)cn(C3CC3)c12. The summed E-state index contributed by atoms with van der Waals surface area (Å²) >= 11 is 5.92. The average Bonchev–Trinajstić information content (AvgIpc) is 3.68. The Labute approximate surface area is 207 Å². The van der Waals surface area contributed by atoms with Crippen LogP contribution in [-0.2, 0) is 0 Å². The Morgan fingerprint density at radius 1 is 1.26 bits per heavy atom. The van der Waals surface area contributed by atoms with Gasteiger partial charge in [-0.15, -0.1) is 0 Å². The molecule has 1 saturated carbocycles. The normalized spacial score (nSPS) is 18.4. The molecule has 0 amide bonds. The van der Waals surface area contributed by atoms with Gasteiger partial charge in [-0.05, 0) is 49.6 Å². The first kappa shape index (κ1) is 23.6. The van der Waals surface area contributed by atoms with Crippen LogP contribution in [0.1, 0.15) is 41.7 Å². The summed E-state index contributed by atoms with van der Waals surface area (Å²) in [5, 5.41) is 4.11. The number of nitrogens with zero attached hydrogens (tertiary/aromatic N) is 2. The van der Waals surface area contributed by atoms with Crippen molar-refractivity contribution in [3.8, 4) is 5.75 Å². The molecule has 0 spiro atoms. The predicted molar refractivity (Wildman–Crippen MR) is 137 cm³/mol. The molecule has 1 aliphatic carbocycles. The predicted octanol–water partition coefficient (Wildman–Crippen LogP) is 4.83. The summed E-state index contributed by atoms with van der Waals surface area (Å²) in [5.74, 6) is -0.612. The fraction of sp³-hybridized carbons (Fsp3) is 0.333. The minimum Gasteiger partial charge on any atom is -0.492 e. The number of anilines is 1. The summed E-state index contributed by atoms with van der Waals surface area (Å²) in [4.78, 5) is 28.5. The van der Waals surface area contributed by atoms with Crippen LogP contribution < -0.4 is 20.4 Å². The van der Waals surface area contributed by atoms with Crippen LogP contribution in [-0.4, -0.2) is 43.1 Å². The zero-order valence-electron chi connectivity index (χ0n) is 19.7. The summed E-state index contributed by atoms with van der Waals surface area (Å²) < 4.78 is 23.2. The molecule has 8 heteroatoms. The number of hydrogen-bond donors (Lipinski definition) is 1. The summed E-state index contributed by atoms with van der Waals surface area (Å²) in [5.41, 5.74) is 1.21. The van der Waals surface area contributed by atoms with Crippen LogP contribution in [0.15, 0.2) is 47.4 Å². The maximum absolute atomic E-state index is 15.5. The van der Waals surface area contributed by atoms with Gasteiger partial charge >= 0.3 is 0 Å². The molecule has 5 rings (SSSR count). The number of hydrogen-bond acceptors (Lipinski definition) is 5. The smallest absolute Gasteiger partial charge is 0.200 e. The molecule has 1 saturated heterocycles. The summed E-state index contributed by atoms with van der Waals surface area (Å²) in [6.45, 7) is 4.03. The average molecular weight is 496 g/mol. The first-order valence-corrected chi connectivity index (χ1v) is 12.2. The number of halogens is 2. The molecule has 0 bridgehead atoms. The first-order valence-electron chi connectivity index (χ1n) is 11.8. The van der Waals surface area contributed by atoms with Gasteiger partial charge in [0.1, 0.15) is 5.69 Å². The second kappa shape index (κ2) is 9.47. The van der Waals surface area contributed by atoms with Crippen molar-refractivity contribution >= 4 is 40.1 Å². The quantitative estimate of drug-likeness (QED) is 0.392. The van der Waals surface area contributed by atoms with E-state index in [4.69, 9.17) is 16.3 Å². The molecule has 1 unspecified atom stereocenters. The number of piperazine rings is 1. The van der Waals surface area contributed by atoms with E-state index in [-0.39, 0.29) is 23.0 Å². The Bertz CT molecular complexity index is 1380. The Hall–Kier alpha value is -3.16. The summed E-state index contributed by atoms with van der Waals surface area (Å²) in [6.07, 6.45) is 6.47. The molecule has 1 aliphatic heterocycles. The topological polar surface area (TPSA) is 63.6 Å². The van der Waals surface area contributed by atoms with Gasteiger partial charge in [-0.1, -0.05) is 29.8 Å². The van der Waals surface area contributed by atoms with Crippen LogP contribution >= 0.6 is 11.6 Å². The van der Waals surface area contributed by atoms with Crippen LogP contribution in [0, 0.1) is 5.82 Å². The molecule has 3 aromatic rings. The lowest BCUT2D eigenvalue weighted by Crippen LogP contribution is -2.49. The van der Waals surface area contributed by atoms with E-state index in [0.29, 0.717) is 35.1 Å². The Morgan fingerprint density at radius 3 is 2.66 bits per heavy atom. The van der Waals surface area contributed by atoms with Gasteiger partial charge in [0.25, 0.3) is 0 Å². The highest BCUT2D eigenvalue weighted by Crippen LogP contribution is 2.43. The highest BCUT2D eigenvalue weighted by Gasteiger charge is 2.31. The van der Waals surface area contributed by atoms with E-state index in [1.807, 2.05) is 16.4 Å². The van der Waals surface area contributed by atoms with E-state index in [1.165, 1.54) is 19.3 Å². The number of nitrogens with one attached hydrogen (secondary N) is 1. The molecule has 1 N–H and O–H groups in total. The van der Waals surface area contributed by atoms with E-state index >= 15 is 4.39 Å². The Kier molecular flexibility index (Phi) is 6.38. The van der Waals surface area contributed by atoms with Crippen molar-refractivity contribution in [1.29, 1.82) is 0 Å². The molecular weight excluding hydrogens is 469 g/mol. The number of rotatable bonds is 6. The highest BCUT2D eigenvalue weighted by molar-refractivity contribution is 6.30. The van der Waals surface area contributed by atoms with Crippen LogP contribution in [0.3, 0.4) is 0 Å². The molecule has 0 radical (unpaired) electrons. The lowest BCUT2D eigenvalue weighted by atomic mass is 10.0. The largest absolute Gasteiger partial charge is 0.492 e. The number of carbonyl (C=O) groups is 1.